The molecule has 38 heavy (non-hydrogen) atoms. The van der Waals surface area contributed by atoms with Crippen molar-refractivity contribution in [3.05, 3.63) is 76.1 Å². The van der Waals surface area contributed by atoms with E-state index < -0.39 is 7.82 Å². The zero-order valence-electron chi connectivity index (χ0n) is 22.3. The van der Waals surface area contributed by atoms with Crippen molar-refractivity contribution < 1.29 is 32.1 Å². The number of hydrogen-bond donors (Lipinski definition) is 1. The molecule has 0 saturated carbocycles. The molecular formula is C29H35FNO6P. The number of unbranched alkanes of at least 4 members (excludes halogenated alkanes) is 1. The van der Waals surface area contributed by atoms with Gasteiger partial charge in [0.25, 0.3) is 0 Å². The average molecular weight is 544 g/mol. The van der Waals surface area contributed by atoms with Crippen LogP contribution in [0.15, 0.2) is 48.0 Å². The van der Waals surface area contributed by atoms with E-state index in [1.54, 1.807) is 32.0 Å². The summed E-state index contributed by atoms with van der Waals surface area (Å²) in [6.07, 6.45) is 3.29. The molecule has 1 amide bonds. The number of benzene rings is 2. The molecule has 3 rings (SSSR count). The molecule has 0 fully saturated rings. The van der Waals surface area contributed by atoms with Crippen LogP contribution in [0.4, 0.5) is 4.39 Å². The molecule has 0 aliphatic heterocycles. The van der Waals surface area contributed by atoms with E-state index in [-0.39, 0.29) is 43.7 Å². The summed E-state index contributed by atoms with van der Waals surface area (Å²) in [6, 6.07) is 11.9. The lowest BCUT2D eigenvalue weighted by molar-refractivity contribution is -0.120. The number of hydrogen-bond acceptors (Lipinski definition) is 6. The number of nitrogens with one attached hydrogen (secondary N) is 1. The Morgan fingerprint density at radius 2 is 1.66 bits per heavy atom. The highest BCUT2D eigenvalue weighted by molar-refractivity contribution is 7.48. The smallest absolute Gasteiger partial charge is 0.356 e. The minimum atomic E-state index is -3.53. The minimum Gasteiger partial charge on any atom is -0.356 e. The van der Waals surface area contributed by atoms with Gasteiger partial charge in [0.2, 0.25) is 5.91 Å². The molecule has 0 heterocycles. The summed E-state index contributed by atoms with van der Waals surface area (Å²) < 4.78 is 41.9. The van der Waals surface area contributed by atoms with Gasteiger partial charge in [0.15, 0.2) is 5.78 Å². The fourth-order valence-corrected chi connectivity index (χ4v) is 5.45. The van der Waals surface area contributed by atoms with E-state index >= 15 is 0 Å². The van der Waals surface area contributed by atoms with Gasteiger partial charge in [-0.3, -0.25) is 23.2 Å². The Bertz CT molecular complexity index is 1260. The Labute approximate surface area is 223 Å². The summed E-state index contributed by atoms with van der Waals surface area (Å²) in [4.78, 5) is 24.3. The van der Waals surface area contributed by atoms with Crippen molar-refractivity contribution in [3.63, 3.8) is 0 Å². The highest BCUT2D eigenvalue weighted by Crippen LogP contribution is 2.49. The number of amides is 1. The quantitative estimate of drug-likeness (QED) is 0.159. The Morgan fingerprint density at radius 3 is 2.29 bits per heavy atom. The van der Waals surface area contributed by atoms with Crippen molar-refractivity contribution in [2.24, 2.45) is 0 Å². The van der Waals surface area contributed by atoms with E-state index in [0.717, 1.165) is 27.8 Å². The van der Waals surface area contributed by atoms with Crippen LogP contribution in [0.25, 0.3) is 17.2 Å². The summed E-state index contributed by atoms with van der Waals surface area (Å²) in [6.45, 7) is 7.93. The highest BCUT2D eigenvalue weighted by Gasteiger charge is 2.26. The monoisotopic (exact) mass is 543 g/mol. The maximum absolute atomic E-state index is 14.2. The van der Waals surface area contributed by atoms with Crippen LogP contribution in [-0.4, -0.2) is 38.1 Å². The van der Waals surface area contributed by atoms with Crippen LogP contribution in [0.2, 0.25) is 0 Å². The molecule has 204 valence electrons. The first kappa shape index (κ1) is 29.7. The molecule has 7 nitrogen and oxygen atoms in total. The SMILES string of the molecule is CCOP(=O)(OCC)OCCCCNC(=O)CC1=C(C)/C(=C/c2ccc(C(C)=O)cc2)c2ccc(F)cc21. The summed E-state index contributed by atoms with van der Waals surface area (Å²) in [5.74, 6) is -0.534. The molecular weight excluding hydrogens is 508 g/mol. The van der Waals surface area contributed by atoms with E-state index in [0.29, 0.717) is 30.5 Å². The molecule has 0 aromatic heterocycles. The van der Waals surface area contributed by atoms with Gasteiger partial charge in [0.05, 0.1) is 26.2 Å². The predicted octanol–water partition coefficient (Wildman–Crippen LogP) is 6.84. The van der Waals surface area contributed by atoms with Crippen molar-refractivity contribution in [2.45, 2.75) is 47.0 Å². The van der Waals surface area contributed by atoms with Gasteiger partial charge >= 0.3 is 7.82 Å². The first-order chi connectivity index (χ1) is 18.2. The second-order valence-electron chi connectivity index (χ2n) is 8.88. The lowest BCUT2D eigenvalue weighted by Gasteiger charge is -2.16. The summed E-state index contributed by atoms with van der Waals surface area (Å²) in [5.41, 5.74) is 5.73. The highest BCUT2D eigenvalue weighted by atomic mass is 31.2. The van der Waals surface area contributed by atoms with Crippen molar-refractivity contribution in [1.29, 1.82) is 0 Å². The standard InChI is InChI=1S/C29H35FNO6P/c1-5-35-38(34,36-6-2)37-16-8-7-15-31-29(33)19-27-20(3)26(25-14-13-24(30)18-28(25)27)17-22-9-11-23(12-10-22)21(4)32/h9-14,17-18H,5-8,15-16,19H2,1-4H3,(H,31,33)/b26-17-. The number of rotatable bonds is 14. The van der Waals surface area contributed by atoms with Crippen molar-refractivity contribution in [1.82, 2.24) is 5.32 Å². The Balaban J connectivity index is 1.63. The average Bonchev–Trinajstić information content (AvgIpc) is 3.12. The summed E-state index contributed by atoms with van der Waals surface area (Å²) in [5, 5.41) is 2.90. The number of carbonyl (C=O) groups is 2. The van der Waals surface area contributed by atoms with Gasteiger partial charge in [-0.05, 0) is 92.2 Å². The van der Waals surface area contributed by atoms with Gasteiger partial charge in [-0.2, -0.15) is 0 Å². The number of phosphoric ester groups is 1. The number of carbonyl (C=O) groups excluding carboxylic acids is 2. The van der Waals surface area contributed by atoms with Crippen molar-refractivity contribution in [3.8, 4) is 0 Å². The number of ketones is 1. The molecule has 0 saturated heterocycles. The number of halogens is 1. The molecule has 0 unspecified atom stereocenters. The van der Waals surface area contributed by atoms with Gasteiger partial charge in [-0.1, -0.05) is 30.3 Å². The number of fused-ring (bicyclic) bond motifs is 1. The van der Waals surface area contributed by atoms with Crippen LogP contribution in [0, 0.1) is 5.82 Å². The minimum absolute atomic E-state index is 0.00110. The number of allylic oxidation sites excluding steroid dienone is 2. The molecule has 9 heteroatoms. The topological polar surface area (TPSA) is 90.9 Å². The van der Waals surface area contributed by atoms with Crippen LogP contribution < -0.4 is 5.32 Å². The van der Waals surface area contributed by atoms with Crippen LogP contribution >= 0.6 is 7.82 Å². The fraction of sp³-hybridized carbons (Fsp3) is 0.379. The molecule has 0 bridgehead atoms. The van der Waals surface area contributed by atoms with E-state index in [2.05, 4.69) is 5.32 Å². The van der Waals surface area contributed by atoms with Gasteiger partial charge in [0.1, 0.15) is 5.82 Å². The maximum atomic E-state index is 14.2. The predicted molar refractivity (Wildman–Crippen MR) is 147 cm³/mol. The summed E-state index contributed by atoms with van der Waals surface area (Å²) in [7, 11) is -3.53. The van der Waals surface area contributed by atoms with Gasteiger partial charge in [0, 0.05) is 12.1 Å². The Morgan fingerprint density at radius 1 is 0.974 bits per heavy atom. The van der Waals surface area contributed by atoms with Crippen LogP contribution in [0.5, 0.6) is 0 Å². The normalized spacial score (nSPS) is 14.2. The first-order valence-electron chi connectivity index (χ1n) is 12.8. The molecule has 2 aromatic rings. The van der Waals surface area contributed by atoms with E-state index in [9.17, 15) is 18.5 Å². The largest absolute Gasteiger partial charge is 0.474 e. The van der Waals surface area contributed by atoms with Crippen LogP contribution in [0.1, 0.15) is 74.0 Å². The second kappa shape index (κ2) is 13.8. The van der Waals surface area contributed by atoms with E-state index in [1.165, 1.54) is 19.1 Å². The lowest BCUT2D eigenvalue weighted by Crippen LogP contribution is -2.24. The molecule has 2 aromatic carbocycles. The van der Waals surface area contributed by atoms with E-state index in [1.807, 2.05) is 25.1 Å². The van der Waals surface area contributed by atoms with Crippen LogP contribution in [0.3, 0.4) is 0 Å². The van der Waals surface area contributed by atoms with Gasteiger partial charge in [-0.25, -0.2) is 8.96 Å². The number of phosphoric acid groups is 1. The molecule has 0 atom stereocenters. The Kier molecular flexibility index (Phi) is 10.7. The molecule has 0 radical (unpaired) electrons. The fourth-order valence-electron chi connectivity index (χ4n) is 4.24. The third-order valence-corrected chi connectivity index (χ3v) is 7.78. The zero-order valence-corrected chi connectivity index (χ0v) is 23.2. The molecule has 0 spiro atoms. The van der Waals surface area contributed by atoms with Crippen molar-refractivity contribution in [2.75, 3.05) is 26.4 Å². The van der Waals surface area contributed by atoms with Crippen molar-refractivity contribution >= 4 is 36.7 Å². The first-order valence-corrected chi connectivity index (χ1v) is 14.3. The lowest BCUT2D eigenvalue weighted by atomic mass is 10.00. The Hall–Kier alpha value is -2.90. The third-order valence-electron chi connectivity index (χ3n) is 6.14. The van der Waals surface area contributed by atoms with Gasteiger partial charge < -0.3 is 5.32 Å². The summed E-state index contributed by atoms with van der Waals surface area (Å²) >= 11 is 0. The number of Topliss-reactive ketones (excluding diaryl/α,β-unsaturated/α-hetero) is 1. The molecule has 1 N–H and O–H groups in total. The second-order valence-corrected chi connectivity index (χ2v) is 10.5. The van der Waals surface area contributed by atoms with E-state index in [4.69, 9.17) is 13.6 Å². The van der Waals surface area contributed by atoms with Gasteiger partial charge in [-0.15, -0.1) is 0 Å². The maximum Gasteiger partial charge on any atom is 0.474 e. The molecule has 1 aliphatic rings. The zero-order chi connectivity index (χ0) is 27.7. The van der Waals surface area contributed by atoms with Crippen LogP contribution in [-0.2, 0) is 22.9 Å². The molecule has 1 aliphatic carbocycles. The third kappa shape index (κ3) is 7.81.